The summed E-state index contributed by atoms with van der Waals surface area (Å²) in [6.45, 7) is 11.4. The molecule has 20 heavy (non-hydrogen) atoms. The van der Waals surface area contributed by atoms with E-state index in [1.165, 1.54) is 0 Å². The van der Waals surface area contributed by atoms with E-state index in [2.05, 4.69) is 32.6 Å². The van der Waals surface area contributed by atoms with Gasteiger partial charge in [-0.2, -0.15) is 0 Å². The Hall–Kier alpha value is -1.04. The number of nitrogens with zero attached hydrogens (tertiary/aromatic N) is 1. The van der Waals surface area contributed by atoms with Crippen molar-refractivity contribution in [3.05, 3.63) is 24.3 Å². The largest absolute Gasteiger partial charge is 0.492 e. The molecule has 4 nitrogen and oxygen atoms in total. The zero-order valence-electron chi connectivity index (χ0n) is 12.9. The average molecular weight is 279 g/mol. The lowest BCUT2D eigenvalue weighted by Crippen LogP contribution is -2.37. The van der Waals surface area contributed by atoms with Gasteiger partial charge in [0, 0.05) is 19.1 Å². The first-order valence-electron chi connectivity index (χ1n) is 7.23. The molecule has 0 spiro atoms. The summed E-state index contributed by atoms with van der Waals surface area (Å²) in [5, 5.41) is 18.0. The second-order valence-corrected chi connectivity index (χ2v) is 5.77. The van der Waals surface area contributed by atoms with Gasteiger partial charge in [-0.1, -0.05) is 26.0 Å². The monoisotopic (exact) mass is 279 g/mol. The Balaban J connectivity index is 2.42. The summed E-state index contributed by atoms with van der Waals surface area (Å²) >= 11 is 0. The van der Waals surface area contributed by atoms with E-state index in [1.807, 2.05) is 0 Å². The van der Waals surface area contributed by atoms with Crippen LogP contribution in [-0.4, -0.2) is 47.8 Å². The Labute approximate surface area is 122 Å². The van der Waals surface area contributed by atoms with Gasteiger partial charge >= 0.3 is 7.12 Å². The minimum atomic E-state index is -1.42. The van der Waals surface area contributed by atoms with Crippen LogP contribution in [-0.2, 0) is 0 Å². The minimum Gasteiger partial charge on any atom is -0.492 e. The lowest BCUT2D eigenvalue weighted by molar-refractivity contribution is 0.160. The van der Waals surface area contributed by atoms with Crippen LogP contribution in [0.2, 0.25) is 0 Å². The lowest BCUT2D eigenvalue weighted by atomic mass is 9.80. The Morgan fingerprint density at radius 1 is 1.10 bits per heavy atom. The van der Waals surface area contributed by atoms with Crippen LogP contribution in [0, 0.1) is 5.92 Å². The molecule has 0 bridgehead atoms. The highest BCUT2D eigenvalue weighted by Gasteiger charge is 2.12. The second-order valence-electron chi connectivity index (χ2n) is 5.77. The number of benzene rings is 1. The summed E-state index contributed by atoms with van der Waals surface area (Å²) in [5.41, 5.74) is 0.473. The predicted molar refractivity (Wildman–Crippen MR) is 83.3 cm³/mol. The molecule has 2 N–H and O–H groups in total. The van der Waals surface area contributed by atoms with Crippen LogP contribution in [0.25, 0.3) is 0 Å². The van der Waals surface area contributed by atoms with Gasteiger partial charge < -0.3 is 14.8 Å². The lowest BCUT2D eigenvalue weighted by Gasteiger charge is -2.28. The fourth-order valence-electron chi connectivity index (χ4n) is 2.05. The SMILES string of the molecule is CC(C)CN(CCOc1ccc(B(O)O)cc1)C(C)C. The highest BCUT2D eigenvalue weighted by molar-refractivity contribution is 6.58. The van der Waals surface area contributed by atoms with Gasteiger partial charge in [-0.05, 0) is 37.4 Å². The molecule has 112 valence electrons. The molecule has 0 atom stereocenters. The van der Waals surface area contributed by atoms with Gasteiger partial charge in [0.15, 0.2) is 0 Å². The van der Waals surface area contributed by atoms with E-state index >= 15 is 0 Å². The fourth-order valence-corrected chi connectivity index (χ4v) is 2.05. The van der Waals surface area contributed by atoms with E-state index in [-0.39, 0.29) is 0 Å². The van der Waals surface area contributed by atoms with Crippen molar-refractivity contribution >= 4 is 12.6 Å². The summed E-state index contributed by atoms with van der Waals surface area (Å²) in [6, 6.07) is 7.35. The molecule has 0 aliphatic heterocycles. The molecule has 1 aromatic carbocycles. The van der Waals surface area contributed by atoms with Crippen LogP contribution in [0.4, 0.5) is 0 Å². The Morgan fingerprint density at radius 3 is 2.15 bits per heavy atom. The summed E-state index contributed by atoms with van der Waals surface area (Å²) in [4.78, 5) is 2.40. The summed E-state index contributed by atoms with van der Waals surface area (Å²) < 4.78 is 5.70. The number of hydrogen-bond acceptors (Lipinski definition) is 4. The first kappa shape index (κ1) is 17.0. The fraction of sp³-hybridized carbons (Fsp3) is 0.600. The van der Waals surface area contributed by atoms with E-state index in [9.17, 15) is 0 Å². The van der Waals surface area contributed by atoms with Crippen molar-refractivity contribution in [2.45, 2.75) is 33.7 Å². The van der Waals surface area contributed by atoms with E-state index in [0.717, 1.165) is 18.8 Å². The molecule has 5 heteroatoms. The molecule has 0 aliphatic rings. The molecular formula is C15H26BNO3. The topological polar surface area (TPSA) is 52.9 Å². The standard InChI is InChI=1S/C15H26BNO3/c1-12(2)11-17(13(3)4)9-10-20-15-7-5-14(6-8-15)16(18)19/h5-8,12-13,18-19H,9-11H2,1-4H3. The summed E-state index contributed by atoms with van der Waals surface area (Å²) in [6.07, 6.45) is 0. The van der Waals surface area contributed by atoms with Crippen molar-refractivity contribution in [3.8, 4) is 5.75 Å². The van der Waals surface area contributed by atoms with Gasteiger partial charge in [-0.25, -0.2) is 0 Å². The molecule has 0 radical (unpaired) electrons. The predicted octanol–water partition coefficient (Wildman–Crippen LogP) is 1.11. The average Bonchev–Trinajstić information content (AvgIpc) is 2.37. The van der Waals surface area contributed by atoms with Gasteiger partial charge in [-0.3, -0.25) is 4.90 Å². The molecule has 0 saturated carbocycles. The maximum atomic E-state index is 9.02. The first-order chi connectivity index (χ1) is 9.40. The van der Waals surface area contributed by atoms with Crippen LogP contribution < -0.4 is 10.2 Å². The van der Waals surface area contributed by atoms with Gasteiger partial charge in [0.1, 0.15) is 12.4 Å². The maximum absolute atomic E-state index is 9.02. The Bertz CT molecular complexity index is 379. The molecular weight excluding hydrogens is 253 g/mol. The van der Waals surface area contributed by atoms with Crippen molar-refractivity contribution in [3.63, 3.8) is 0 Å². The highest BCUT2D eigenvalue weighted by atomic mass is 16.5. The zero-order chi connectivity index (χ0) is 15.1. The van der Waals surface area contributed by atoms with Crippen LogP contribution in [0.1, 0.15) is 27.7 Å². The van der Waals surface area contributed by atoms with Crippen LogP contribution >= 0.6 is 0 Å². The molecule has 0 aromatic heterocycles. The third-order valence-corrected chi connectivity index (χ3v) is 3.16. The van der Waals surface area contributed by atoms with Crippen molar-refractivity contribution in [1.82, 2.24) is 4.90 Å². The summed E-state index contributed by atoms with van der Waals surface area (Å²) in [5.74, 6) is 1.39. The Morgan fingerprint density at radius 2 is 1.70 bits per heavy atom. The van der Waals surface area contributed by atoms with Crippen LogP contribution in [0.15, 0.2) is 24.3 Å². The van der Waals surface area contributed by atoms with Crippen molar-refractivity contribution in [2.75, 3.05) is 19.7 Å². The van der Waals surface area contributed by atoms with E-state index < -0.39 is 7.12 Å². The molecule has 1 rings (SSSR count). The third-order valence-electron chi connectivity index (χ3n) is 3.16. The molecule has 0 heterocycles. The van der Waals surface area contributed by atoms with Crippen molar-refractivity contribution in [1.29, 1.82) is 0 Å². The third kappa shape index (κ3) is 5.95. The molecule has 0 unspecified atom stereocenters. The molecule has 1 aromatic rings. The molecule has 0 fully saturated rings. The smallest absolute Gasteiger partial charge is 0.488 e. The van der Waals surface area contributed by atoms with Gasteiger partial charge in [-0.15, -0.1) is 0 Å². The Kier molecular flexibility index (Phi) is 7.06. The minimum absolute atomic E-state index is 0.473. The van der Waals surface area contributed by atoms with E-state index in [4.69, 9.17) is 14.8 Å². The van der Waals surface area contributed by atoms with Crippen molar-refractivity contribution < 1.29 is 14.8 Å². The molecule has 0 saturated heterocycles. The maximum Gasteiger partial charge on any atom is 0.488 e. The van der Waals surface area contributed by atoms with Gasteiger partial charge in [0.2, 0.25) is 0 Å². The quantitative estimate of drug-likeness (QED) is 0.700. The van der Waals surface area contributed by atoms with Gasteiger partial charge in [0.25, 0.3) is 0 Å². The van der Waals surface area contributed by atoms with Crippen molar-refractivity contribution in [2.24, 2.45) is 5.92 Å². The second kappa shape index (κ2) is 8.30. The van der Waals surface area contributed by atoms with Crippen LogP contribution in [0.3, 0.4) is 0 Å². The zero-order valence-corrected chi connectivity index (χ0v) is 12.9. The van der Waals surface area contributed by atoms with Gasteiger partial charge in [0.05, 0.1) is 0 Å². The van der Waals surface area contributed by atoms with E-state index in [1.54, 1.807) is 24.3 Å². The van der Waals surface area contributed by atoms with E-state index in [0.29, 0.717) is 24.0 Å². The number of hydrogen-bond donors (Lipinski definition) is 2. The number of ether oxygens (including phenoxy) is 1. The molecule has 0 aliphatic carbocycles. The van der Waals surface area contributed by atoms with Crippen LogP contribution in [0.5, 0.6) is 5.75 Å². The number of rotatable bonds is 8. The summed E-state index contributed by atoms with van der Waals surface area (Å²) in [7, 11) is -1.42. The normalized spacial score (nSPS) is 11.4. The first-order valence-corrected chi connectivity index (χ1v) is 7.23. The highest BCUT2D eigenvalue weighted by Crippen LogP contribution is 2.09. The molecule has 0 amide bonds.